The molecular weight excluding hydrogens is 276 g/mol. The van der Waals surface area contributed by atoms with Crippen molar-refractivity contribution in [2.24, 2.45) is 4.99 Å². The van der Waals surface area contributed by atoms with E-state index in [4.69, 9.17) is 4.74 Å². The molecule has 0 saturated heterocycles. The van der Waals surface area contributed by atoms with Crippen molar-refractivity contribution in [3.63, 3.8) is 0 Å². The molecule has 0 N–H and O–H groups in total. The Labute approximate surface area is 120 Å². The highest BCUT2D eigenvalue weighted by molar-refractivity contribution is 7.07. The van der Waals surface area contributed by atoms with Gasteiger partial charge in [-0.1, -0.05) is 17.7 Å². The zero-order valence-electron chi connectivity index (χ0n) is 11.4. The third kappa shape index (κ3) is 3.21. The Morgan fingerprint density at radius 2 is 1.85 bits per heavy atom. The van der Waals surface area contributed by atoms with Crippen LogP contribution >= 0.6 is 11.3 Å². The first-order chi connectivity index (χ1) is 9.47. The minimum Gasteiger partial charge on any atom is -0.408 e. The van der Waals surface area contributed by atoms with Gasteiger partial charge >= 0.3 is 5.97 Å². The normalized spacial score (nSPS) is 11.4. The third-order valence-corrected chi connectivity index (χ3v) is 3.30. The number of thiazole rings is 1. The first-order valence-electron chi connectivity index (χ1n) is 5.98. The molecule has 1 heterocycles. The SMILES string of the molecule is CC(=O)Oc1csc(=Nc2ccc(C)cc2)n1C(C)=O. The molecule has 0 saturated carbocycles. The van der Waals surface area contributed by atoms with E-state index in [2.05, 4.69) is 4.99 Å². The minimum atomic E-state index is -0.473. The lowest BCUT2D eigenvalue weighted by molar-refractivity contribution is -0.132. The summed E-state index contributed by atoms with van der Waals surface area (Å²) in [6.07, 6.45) is 0. The molecule has 1 aromatic heterocycles. The zero-order chi connectivity index (χ0) is 14.7. The highest BCUT2D eigenvalue weighted by Gasteiger charge is 2.12. The number of benzene rings is 1. The summed E-state index contributed by atoms with van der Waals surface area (Å²) >= 11 is 1.24. The molecule has 0 amide bonds. The van der Waals surface area contributed by atoms with E-state index in [0.717, 1.165) is 11.3 Å². The van der Waals surface area contributed by atoms with Crippen molar-refractivity contribution in [3.8, 4) is 5.88 Å². The number of carbonyl (C=O) groups is 2. The molecule has 6 heteroatoms. The van der Waals surface area contributed by atoms with Gasteiger partial charge in [0.05, 0.1) is 11.1 Å². The second-order valence-electron chi connectivity index (χ2n) is 4.25. The highest BCUT2D eigenvalue weighted by atomic mass is 32.1. The van der Waals surface area contributed by atoms with Gasteiger partial charge in [-0.25, -0.2) is 9.56 Å². The van der Waals surface area contributed by atoms with Crippen LogP contribution < -0.4 is 9.54 Å². The molecule has 2 rings (SSSR count). The van der Waals surface area contributed by atoms with E-state index >= 15 is 0 Å². The van der Waals surface area contributed by atoms with E-state index in [1.165, 1.54) is 29.8 Å². The summed E-state index contributed by atoms with van der Waals surface area (Å²) in [6, 6.07) is 7.62. The minimum absolute atomic E-state index is 0.195. The van der Waals surface area contributed by atoms with Crippen molar-refractivity contribution >= 4 is 28.9 Å². The lowest BCUT2D eigenvalue weighted by Crippen LogP contribution is -2.22. The fourth-order valence-electron chi connectivity index (χ4n) is 1.62. The van der Waals surface area contributed by atoms with Gasteiger partial charge in [-0.15, -0.1) is 11.3 Å². The molecule has 0 atom stereocenters. The standard InChI is InChI=1S/C14H14N2O3S/c1-9-4-6-12(7-5-9)15-14-16(10(2)17)13(8-20-14)19-11(3)18/h4-8H,1-3H3. The quantitative estimate of drug-likeness (QED) is 0.799. The second-order valence-corrected chi connectivity index (χ2v) is 5.09. The van der Waals surface area contributed by atoms with Crippen molar-refractivity contribution in [1.82, 2.24) is 4.57 Å². The molecule has 0 aliphatic heterocycles. The summed E-state index contributed by atoms with van der Waals surface area (Å²) < 4.78 is 6.28. The average molecular weight is 290 g/mol. The van der Waals surface area contributed by atoms with Gasteiger partial charge in [-0.3, -0.25) is 9.59 Å². The van der Waals surface area contributed by atoms with E-state index in [-0.39, 0.29) is 11.8 Å². The lowest BCUT2D eigenvalue weighted by Gasteiger charge is -2.03. The molecule has 0 spiro atoms. The fraction of sp³-hybridized carbons (Fsp3) is 0.214. The maximum absolute atomic E-state index is 11.7. The third-order valence-electron chi connectivity index (χ3n) is 2.50. The van der Waals surface area contributed by atoms with Crippen molar-refractivity contribution < 1.29 is 14.3 Å². The van der Waals surface area contributed by atoms with Crippen LogP contribution in [0.1, 0.15) is 24.2 Å². The molecule has 0 unspecified atom stereocenters. The van der Waals surface area contributed by atoms with Gasteiger partial charge in [0.1, 0.15) is 0 Å². The maximum Gasteiger partial charge on any atom is 0.309 e. The smallest absolute Gasteiger partial charge is 0.309 e. The summed E-state index contributed by atoms with van der Waals surface area (Å²) in [5.74, 6) is -0.533. The molecule has 1 aromatic carbocycles. The first-order valence-corrected chi connectivity index (χ1v) is 6.86. The molecule has 104 valence electrons. The van der Waals surface area contributed by atoms with Crippen LogP contribution in [-0.4, -0.2) is 16.4 Å². The fourth-order valence-corrected chi connectivity index (χ4v) is 2.46. The monoisotopic (exact) mass is 290 g/mol. The zero-order valence-corrected chi connectivity index (χ0v) is 12.2. The molecule has 5 nitrogen and oxygen atoms in total. The van der Waals surface area contributed by atoms with E-state index in [1.54, 1.807) is 5.38 Å². The average Bonchev–Trinajstić information content (AvgIpc) is 2.74. The Hall–Kier alpha value is -2.21. The van der Waals surface area contributed by atoms with E-state index in [0.29, 0.717) is 4.80 Å². The van der Waals surface area contributed by atoms with Crippen molar-refractivity contribution in [2.75, 3.05) is 0 Å². The van der Waals surface area contributed by atoms with Crippen LogP contribution in [0.5, 0.6) is 5.88 Å². The Morgan fingerprint density at radius 3 is 2.40 bits per heavy atom. The number of nitrogens with zero attached hydrogens (tertiary/aromatic N) is 2. The number of ether oxygens (including phenoxy) is 1. The molecule has 0 bridgehead atoms. The van der Waals surface area contributed by atoms with E-state index in [9.17, 15) is 9.59 Å². The van der Waals surface area contributed by atoms with Gasteiger partial charge < -0.3 is 4.74 Å². The Morgan fingerprint density at radius 1 is 1.20 bits per heavy atom. The Kier molecular flexibility index (Phi) is 4.14. The lowest BCUT2D eigenvalue weighted by atomic mass is 10.2. The van der Waals surface area contributed by atoms with E-state index in [1.807, 2.05) is 31.2 Å². The molecule has 2 aromatic rings. The largest absolute Gasteiger partial charge is 0.408 e. The molecular formula is C14H14N2O3S. The van der Waals surface area contributed by atoms with E-state index < -0.39 is 5.97 Å². The van der Waals surface area contributed by atoms with Crippen molar-refractivity contribution in [3.05, 3.63) is 40.0 Å². The number of hydrogen-bond acceptors (Lipinski definition) is 5. The van der Waals surface area contributed by atoms with Gasteiger partial charge in [0.15, 0.2) is 4.80 Å². The molecule has 0 fully saturated rings. The first kappa shape index (κ1) is 14.2. The van der Waals surface area contributed by atoms with Crippen molar-refractivity contribution in [1.29, 1.82) is 0 Å². The van der Waals surface area contributed by atoms with Gasteiger partial charge in [-0.05, 0) is 19.1 Å². The molecule has 0 radical (unpaired) electrons. The summed E-state index contributed by atoms with van der Waals surface area (Å²) in [5, 5.41) is 1.59. The van der Waals surface area contributed by atoms with Crippen molar-refractivity contribution in [2.45, 2.75) is 20.8 Å². The van der Waals surface area contributed by atoms with Crippen LogP contribution in [-0.2, 0) is 4.79 Å². The predicted molar refractivity (Wildman–Crippen MR) is 76.3 cm³/mol. The van der Waals surface area contributed by atoms with Gasteiger partial charge in [0.25, 0.3) is 0 Å². The molecule has 20 heavy (non-hydrogen) atoms. The number of carbonyl (C=O) groups excluding carboxylic acids is 2. The van der Waals surface area contributed by atoms with Crippen LogP contribution in [0.15, 0.2) is 34.6 Å². The van der Waals surface area contributed by atoms with Gasteiger partial charge in [0, 0.05) is 13.8 Å². The van der Waals surface area contributed by atoms with Gasteiger partial charge in [-0.2, -0.15) is 0 Å². The second kappa shape index (κ2) is 5.83. The summed E-state index contributed by atoms with van der Waals surface area (Å²) in [7, 11) is 0. The summed E-state index contributed by atoms with van der Waals surface area (Å²) in [6.45, 7) is 4.68. The highest BCUT2D eigenvalue weighted by Crippen LogP contribution is 2.15. The Balaban J connectivity index is 2.51. The van der Waals surface area contributed by atoms with Crippen LogP contribution in [0, 0.1) is 6.92 Å². The predicted octanol–water partition coefficient (Wildman–Crippen LogP) is 2.68. The molecule has 0 aliphatic carbocycles. The van der Waals surface area contributed by atoms with Crippen LogP contribution in [0.2, 0.25) is 0 Å². The maximum atomic E-state index is 11.7. The topological polar surface area (TPSA) is 60.7 Å². The Bertz CT molecular complexity index is 711. The van der Waals surface area contributed by atoms with Crippen LogP contribution in [0.25, 0.3) is 0 Å². The number of aryl methyl sites for hydroxylation is 1. The van der Waals surface area contributed by atoms with Crippen LogP contribution in [0.3, 0.4) is 0 Å². The summed E-state index contributed by atoms with van der Waals surface area (Å²) in [4.78, 5) is 27.6. The number of rotatable bonds is 2. The molecule has 0 aliphatic rings. The number of hydrogen-bond donors (Lipinski definition) is 0. The number of aromatic nitrogens is 1. The van der Waals surface area contributed by atoms with Crippen LogP contribution in [0.4, 0.5) is 5.69 Å². The summed E-state index contributed by atoms with van der Waals surface area (Å²) in [5.41, 5.74) is 1.87. The number of esters is 1. The van der Waals surface area contributed by atoms with Gasteiger partial charge in [0.2, 0.25) is 11.8 Å².